The highest BCUT2D eigenvalue weighted by Gasteiger charge is 2.10. The predicted molar refractivity (Wildman–Crippen MR) is 59.0 cm³/mol. The zero-order valence-corrected chi connectivity index (χ0v) is 8.83. The summed E-state index contributed by atoms with van der Waals surface area (Å²) in [5, 5.41) is 12.7. The molecule has 0 amide bonds. The number of nitrogens with one attached hydrogen (secondary N) is 1. The molecule has 0 aliphatic heterocycles. The second kappa shape index (κ2) is 5.63. The smallest absolute Gasteiger partial charge is 0.129 e. The summed E-state index contributed by atoms with van der Waals surface area (Å²) in [4.78, 5) is 0. The lowest BCUT2D eigenvalue weighted by molar-refractivity contribution is 0.171. The molecule has 1 atom stereocenters. The molecule has 1 aromatic carbocycles. The Morgan fingerprint density at radius 3 is 2.80 bits per heavy atom. The summed E-state index contributed by atoms with van der Waals surface area (Å²) in [5.41, 5.74) is 1.31. The molecule has 0 fully saturated rings. The van der Waals surface area contributed by atoms with Crippen LogP contribution in [0.2, 0.25) is 0 Å². The average molecular weight is 209 g/mol. The van der Waals surface area contributed by atoms with E-state index in [2.05, 4.69) is 11.9 Å². The standard InChI is InChI=1S/C12H16FNO/c1-9(2)7-14-8-12(15)10-5-3-4-6-11(10)13/h3-6,12,14-15H,1,7-8H2,2H3. The maximum Gasteiger partial charge on any atom is 0.129 e. The van der Waals surface area contributed by atoms with E-state index in [1.807, 2.05) is 6.92 Å². The van der Waals surface area contributed by atoms with Crippen LogP contribution in [0.5, 0.6) is 0 Å². The highest BCUT2D eigenvalue weighted by molar-refractivity contribution is 5.20. The lowest BCUT2D eigenvalue weighted by Gasteiger charge is -2.12. The van der Waals surface area contributed by atoms with Gasteiger partial charge in [0.05, 0.1) is 6.10 Å². The van der Waals surface area contributed by atoms with Crippen molar-refractivity contribution in [2.75, 3.05) is 13.1 Å². The molecule has 0 saturated carbocycles. The fourth-order valence-corrected chi connectivity index (χ4v) is 1.28. The fraction of sp³-hybridized carbons (Fsp3) is 0.333. The van der Waals surface area contributed by atoms with Gasteiger partial charge in [-0.3, -0.25) is 0 Å². The molecule has 1 unspecified atom stereocenters. The first-order chi connectivity index (χ1) is 7.11. The molecule has 2 N–H and O–H groups in total. The van der Waals surface area contributed by atoms with E-state index in [9.17, 15) is 9.50 Å². The van der Waals surface area contributed by atoms with Crippen LogP contribution in [0.1, 0.15) is 18.6 Å². The van der Waals surface area contributed by atoms with Crippen LogP contribution in [0.15, 0.2) is 36.4 Å². The number of rotatable bonds is 5. The van der Waals surface area contributed by atoms with Crippen LogP contribution in [-0.4, -0.2) is 18.2 Å². The van der Waals surface area contributed by atoms with Gasteiger partial charge in [0.1, 0.15) is 5.82 Å². The summed E-state index contributed by atoms with van der Waals surface area (Å²) in [7, 11) is 0. The first-order valence-corrected chi connectivity index (χ1v) is 4.89. The van der Waals surface area contributed by atoms with Crippen LogP contribution in [0.25, 0.3) is 0 Å². The SMILES string of the molecule is C=C(C)CNCC(O)c1ccccc1F. The molecule has 15 heavy (non-hydrogen) atoms. The van der Waals surface area contributed by atoms with Gasteiger partial charge in [0.25, 0.3) is 0 Å². The summed E-state index contributed by atoms with van der Waals surface area (Å²) in [6, 6.07) is 6.24. The van der Waals surface area contributed by atoms with Crippen LogP contribution >= 0.6 is 0 Å². The minimum Gasteiger partial charge on any atom is -0.387 e. The van der Waals surface area contributed by atoms with E-state index in [0.29, 0.717) is 18.7 Å². The second-order valence-corrected chi connectivity index (χ2v) is 3.63. The molecule has 0 aliphatic rings. The molecular weight excluding hydrogens is 193 g/mol. The van der Waals surface area contributed by atoms with Crippen molar-refractivity contribution in [1.82, 2.24) is 5.32 Å². The molecule has 1 aromatic rings. The van der Waals surface area contributed by atoms with E-state index in [1.165, 1.54) is 6.07 Å². The van der Waals surface area contributed by atoms with Crippen molar-refractivity contribution in [2.24, 2.45) is 0 Å². The van der Waals surface area contributed by atoms with E-state index < -0.39 is 6.10 Å². The van der Waals surface area contributed by atoms with E-state index >= 15 is 0 Å². The summed E-state index contributed by atoms with van der Waals surface area (Å²) in [5.74, 6) is -0.373. The van der Waals surface area contributed by atoms with Crippen LogP contribution < -0.4 is 5.32 Å². The zero-order valence-electron chi connectivity index (χ0n) is 8.83. The minimum absolute atomic E-state index is 0.326. The van der Waals surface area contributed by atoms with Crippen molar-refractivity contribution in [2.45, 2.75) is 13.0 Å². The third-order valence-electron chi connectivity index (χ3n) is 2.03. The first kappa shape index (κ1) is 11.9. The topological polar surface area (TPSA) is 32.3 Å². The third kappa shape index (κ3) is 3.81. The molecular formula is C12H16FNO. The predicted octanol–water partition coefficient (Wildman–Crippen LogP) is 2.02. The minimum atomic E-state index is -0.814. The van der Waals surface area contributed by atoms with Gasteiger partial charge in [0.2, 0.25) is 0 Å². The van der Waals surface area contributed by atoms with Gasteiger partial charge in [0, 0.05) is 18.7 Å². The van der Waals surface area contributed by atoms with Crippen molar-refractivity contribution in [3.8, 4) is 0 Å². The molecule has 3 heteroatoms. The Morgan fingerprint density at radius 1 is 1.53 bits per heavy atom. The molecule has 2 nitrogen and oxygen atoms in total. The Hall–Kier alpha value is -1.19. The molecule has 0 radical (unpaired) electrons. The van der Waals surface area contributed by atoms with Gasteiger partial charge in [-0.2, -0.15) is 0 Å². The monoisotopic (exact) mass is 209 g/mol. The molecule has 0 aliphatic carbocycles. The van der Waals surface area contributed by atoms with Gasteiger partial charge in [-0.1, -0.05) is 30.4 Å². The highest BCUT2D eigenvalue weighted by Crippen LogP contribution is 2.15. The lowest BCUT2D eigenvalue weighted by atomic mass is 10.1. The number of hydrogen-bond acceptors (Lipinski definition) is 2. The molecule has 0 aromatic heterocycles. The van der Waals surface area contributed by atoms with Crippen molar-refractivity contribution < 1.29 is 9.50 Å². The van der Waals surface area contributed by atoms with Gasteiger partial charge >= 0.3 is 0 Å². The quantitative estimate of drug-likeness (QED) is 0.727. The van der Waals surface area contributed by atoms with Gasteiger partial charge in [-0.25, -0.2) is 4.39 Å². The lowest BCUT2D eigenvalue weighted by Crippen LogP contribution is -2.23. The molecule has 0 bridgehead atoms. The molecule has 82 valence electrons. The van der Waals surface area contributed by atoms with Gasteiger partial charge < -0.3 is 10.4 Å². The largest absolute Gasteiger partial charge is 0.387 e. The third-order valence-corrected chi connectivity index (χ3v) is 2.03. The second-order valence-electron chi connectivity index (χ2n) is 3.63. The maximum absolute atomic E-state index is 13.2. The number of benzene rings is 1. The summed E-state index contributed by atoms with van der Waals surface area (Å²) in [6.45, 7) is 6.57. The van der Waals surface area contributed by atoms with E-state index in [1.54, 1.807) is 18.2 Å². The molecule has 0 spiro atoms. The fourth-order valence-electron chi connectivity index (χ4n) is 1.28. The number of aliphatic hydroxyl groups is 1. The van der Waals surface area contributed by atoms with Gasteiger partial charge in [-0.05, 0) is 13.0 Å². The Balaban J connectivity index is 2.50. The van der Waals surface area contributed by atoms with Crippen molar-refractivity contribution in [1.29, 1.82) is 0 Å². The zero-order chi connectivity index (χ0) is 11.3. The number of aliphatic hydroxyl groups excluding tert-OH is 1. The molecule has 0 heterocycles. The van der Waals surface area contributed by atoms with Crippen LogP contribution in [-0.2, 0) is 0 Å². The summed E-state index contributed by atoms with van der Waals surface area (Å²) < 4.78 is 13.2. The maximum atomic E-state index is 13.2. The average Bonchev–Trinajstić information content (AvgIpc) is 2.17. The van der Waals surface area contributed by atoms with Gasteiger partial charge in [-0.15, -0.1) is 0 Å². The molecule has 1 rings (SSSR count). The van der Waals surface area contributed by atoms with E-state index in [4.69, 9.17) is 0 Å². The van der Waals surface area contributed by atoms with Crippen molar-refractivity contribution in [3.05, 3.63) is 47.8 Å². The first-order valence-electron chi connectivity index (χ1n) is 4.89. The Labute approximate surface area is 89.4 Å². The Kier molecular flexibility index (Phi) is 4.46. The normalized spacial score (nSPS) is 12.5. The van der Waals surface area contributed by atoms with E-state index in [-0.39, 0.29) is 5.82 Å². The van der Waals surface area contributed by atoms with Crippen LogP contribution in [0, 0.1) is 5.82 Å². The van der Waals surface area contributed by atoms with E-state index in [0.717, 1.165) is 5.57 Å². The number of hydrogen-bond donors (Lipinski definition) is 2. The van der Waals surface area contributed by atoms with Crippen LogP contribution in [0.4, 0.5) is 4.39 Å². The Bertz CT molecular complexity index is 338. The van der Waals surface area contributed by atoms with Gasteiger partial charge in [0.15, 0.2) is 0 Å². The highest BCUT2D eigenvalue weighted by atomic mass is 19.1. The van der Waals surface area contributed by atoms with Crippen LogP contribution in [0.3, 0.4) is 0 Å². The summed E-state index contributed by atoms with van der Waals surface area (Å²) >= 11 is 0. The molecule has 0 saturated heterocycles. The Morgan fingerprint density at radius 2 is 2.20 bits per heavy atom. The number of halogens is 1. The van der Waals surface area contributed by atoms with Crippen molar-refractivity contribution >= 4 is 0 Å². The summed E-state index contributed by atoms with van der Waals surface area (Å²) in [6.07, 6.45) is -0.814. The van der Waals surface area contributed by atoms with Crippen molar-refractivity contribution in [3.63, 3.8) is 0 Å².